The van der Waals surface area contributed by atoms with E-state index in [1.807, 2.05) is 13.0 Å². The zero-order valence-electron chi connectivity index (χ0n) is 11.3. The average Bonchev–Trinajstić information content (AvgIpc) is 2.44. The lowest BCUT2D eigenvalue weighted by atomic mass is 10.1. The van der Waals surface area contributed by atoms with Gasteiger partial charge in [-0.15, -0.1) is 0 Å². The molecule has 2 rings (SSSR count). The van der Waals surface area contributed by atoms with Gasteiger partial charge in [-0.05, 0) is 36.2 Å². The summed E-state index contributed by atoms with van der Waals surface area (Å²) in [5.41, 5.74) is 8.32. The number of pyridine rings is 1. The second-order valence-corrected chi connectivity index (χ2v) is 4.44. The van der Waals surface area contributed by atoms with E-state index in [0.29, 0.717) is 18.0 Å². The fourth-order valence-corrected chi connectivity index (χ4v) is 1.70. The molecule has 0 unspecified atom stereocenters. The molecule has 20 heavy (non-hydrogen) atoms. The van der Waals surface area contributed by atoms with E-state index in [-0.39, 0.29) is 12.5 Å². The number of ether oxygens (including phenoxy) is 1. The highest BCUT2D eigenvalue weighted by Gasteiger charge is 2.04. The summed E-state index contributed by atoms with van der Waals surface area (Å²) in [6, 6.07) is 8.87. The fourth-order valence-electron chi connectivity index (χ4n) is 1.70. The topological polar surface area (TPSA) is 77.2 Å². The van der Waals surface area contributed by atoms with Gasteiger partial charge in [0.2, 0.25) is 0 Å². The maximum Gasteiger partial charge on any atom is 0.258 e. The number of anilines is 1. The van der Waals surface area contributed by atoms with E-state index in [1.165, 1.54) is 0 Å². The van der Waals surface area contributed by atoms with E-state index in [1.54, 1.807) is 36.7 Å². The minimum atomic E-state index is -0.177. The van der Waals surface area contributed by atoms with E-state index in [0.717, 1.165) is 11.1 Å². The molecule has 5 heteroatoms. The molecule has 5 nitrogen and oxygen atoms in total. The standard InChI is InChI=1S/C15H17N3O2/c1-11-8-17-6-5-12(11)9-18-15(19)10-20-14-4-2-3-13(16)7-14/h2-8H,9-10,16H2,1H3,(H,18,19). The van der Waals surface area contributed by atoms with Crippen LogP contribution in [-0.2, 0) is 11.3 Å². The number of rotatable bonds is 5. The molecule has 0 saturated heterocycles. The Morgan fingerprint density at radius 2 is 2.25 bits per heavy atom. The van der Waals surface area contributed by atoms with Crippen molar-refractivity contribution >= 4 is 11.6 Å². The number of benzene rings is 1. The highest BCUT2D eigenvalue weighted by molar-refractivity contribution is 5.77. The van der Waals surface area contributed by atoms with Gasteiger partial charge in [0.25, 0.3) is 5.91 Å². The molecule has 0 spiro atoms. The summed E-state index contributed by atoms with van der Waals surface area (Å²) >= 11 is 0. The number of nitrogens with two attached hydrogens (primary N) is 1. The van der Waals surface area contributed by atoms with E-state index in [9.17, 15) is 4.79 Å². The van der Waals surface area contributed by atoms with Gasteiger partial charge in [0.1, 0.15) is 5.75 Å². The third kappa shape index (κ3) is 3.98. The lowest BCUT2D eigenvalue weighted by molar-refractivity contribution is -0.123. The van der Waals surface area contributed by atoms with Crippen molar-refractivity contribution in [3.63, 3.8) is 0 Å². The van der Waals surface area contributed by atoms with Gasteiger partial charge in [-0.1, -0.05) is 6.07 Å². The Labute approximate surface area is 117 Å². The first-order chi connectivity index (χ1) is 9.65. The normalized spacial score (nSPS) is 10.1. The minimum Gasteiger partial charge on any atom is -0.484 e. The highest BCUT2D eigenvalue weighted by atomic mass is 16.5. The molecule has 0 aliphatic rings. The lowest BCUT2D eigenvalue weighted by Crippen LogP contribution is -2.28. The third-order valence-corrected chi connectivity index (χ3v) is 2.84. The molecule has 3 N–H and O–H groups in total. The molecule has 1 aromatic heterocycles. The van der Waals surface area contributed by atoms with Crippen LogP contribution in [0.1, 0.15) is 11.1 Å². The van der Waals surface area contributed by atoms with Gasteiger partial charge < -0.3 is 15.8 Å². The number of nitrogens with zero attached hydrogens (tertiary/aromatic N) is 1. The van der Waals surface area contributed by atoms with Crippen LogP contribution in [0.25, 0.3) is 0 Å². The predicted octanol–water partition coefficient (Wildman–Crippen LogP) is 1.67. The Hall–Kier alpha value is -2.56. The molecule has 1 aromatic carbocycles. The summed E-state index contributed by atoms with van der Waals surface area (Å²) in [4.78, 5) is 15.7. The molecule has 0 saturated carbocycles. The van der Waals surface area contributed by atoms with Crippen LogP contribution < -0.4 is 15.8 Å². The second-order valence-electron chi connectivity index (χ2n) is 4.44. The van der Waals surface area contributed by atoms with Crippen molar-refractivity contribution in [1.29, 1.82) is 0 Å². The van der Waals surface area contributed by atoms with Crippen molar-refractivity contribution in [1.82, 2.24) is 10.3 Å². The molecule has 0 aliphatic heterocycles. The van der Waals surface area contributed by atoms with Gasteiger partial charge in [0.15, 0.2) is 6.61 Å². The number of carbonyl (C=O) groups excluding carboxylic acids is 1. The molecular formula is C15H17N3O2. The number of hydrogen-bond acceptors (Lipinski definition) is 4. The average molecular weight is 271 g/mol. The molecule has 104 valence electrons. The van der Waals surface area contributed by atoms with Crippen LogP contribution in [0, 0.1) is 6.92 Å². The molecule has 2 aromatic rings. The van der Waals surface area contributed by atoms with Crippen molar-refractivity contribution in [2.45, 2.75) is 13.5 Å². The summed E-state index contributed by atoms with van der Waals surface area (Å²) in [5, 5.41) is 2.80. The molecular weight excluding hydrogens is 254 g/mol. The quantitative estimate of drug-likeness (QED) is 0.811. The number of nitrogen functional groups attached to an aromatic ring is 1. The Balaban J connectivity index is 1.80. The Morgan fingerprint density at radius 3 is 3.00 bits per heavy atom. The third-order valence-electron chi connectivity index (χ3n) is 2.84. The monoisotopic (exact) mass is 271 g/mol. The number of nitrogens with one attached hydrogen (secondary N) is 1. The summed E-state index contributed by atoms with van der Waals surface area (Å²) < 4.78 is 5.36. The molecule has 1 heterocycles. The minimum absolute atomic E-state index is 0.0341. The van der Waals surface area contributed by atoms with Crippen molar-refractivity contribution < 1.29 is 9.53 Å². The van der Waals surface area contributed by atoms with Crippen LogP contribution >= 0.6 is 0 Å². The predicted molar refractivity (Wildman–Crippen MR) is 77.2 cm³/mol. The zero-order valence-corrected chi connectivity index (χ0v) is 11.3. The van der Waals surface area contributed by atoms with Crippen LogP contribution in [0.5, 0.6) is 5.75 Å². The zero-order chi connectivity index (χ0) is 14.4. The maximum absolute atomic E-state index is 11.7. The number of aryl methyl sites for hydroxylation is 1. The molecule has 0 fully saturated rings. The first-order valence-electron chi connectivity index (χ1n) is 6.29. The maximum atomic E-state index is 11.7. The van der Waals surface area contributed by atoms with Gasteiger partial charge in [0.05, 0.1) is 0 Å². The van der Waals surface area contributed by atoms with Crippen LogP contribution in [0.3, 0.4) is 0 Å². The molecule has 0 radical (unpaired) electrons. The SMILES string of the molecule is Cc1cnccc1CNC(=O)COc1cccc(N)c1. The van der Waals surface area contributed by atoms with Gasteiger partial charge in [-0.3, -0.25) is 9.78 Å². The van der Waals surface area contributed by atoms with E-state index < -0.39 is 0 Å². The summed E-state index contributed by atoms with van der Waals surface area (Å²) in [6.07, 6.45) is 3.47. The van der Waals surface area contributed by atoms with Crippen molar-refractivity contribution in [3.8, 4) is 5.75 Å². The van der Waals surface area contributed by atoms with Crippen molar-refractivity contribution in [2.75, 3.05) is 12.3 Å². The Kier molecular flexibility index (Phi) is 4.55. The van der Waals surface area contributed by atoms with Gasteiger partial charge in [-0.25, -0.2) is 0 Å². The largest absolute Gasteiger partial charge is 0.484 e. The first-order valence-corrected chi connectivity index (χ1v) is 6.29. The van der Waals surface area contributed by atoms with Gasteiger partial charge >= 0.3 is 0 Å². The van der Waals surface area contributed by atoms with Gasteiger partial charge in [0, 0.05) is 30.7 Å². The second kappa shape index (κ2) is 6.56. The smallest absolute Gasteiger partial charge is 0.258 e. The molecule has 0 atom stereocenters. The van der Waals surface area contributed by atoms with Crippen molar-refractivity contribution in [3.05, 3.63) is 53.9 Å². The Morgan fingerprint density at radius 1 is 1.40 bits per heavy atom. The van der Waals surface area contributed by atoms with Crippen LogP contribution in [0.2, 0.25) is 0 Å². The van der Waals surface area contributed by atoms with E-state index in [2.05, 4.69) is 10.3 Å². The first kappa shape index (κ1) is 13.9. The summed E-state index contributed by atoms with van der Waals surface area (Å²) in [5.74, 6) is 0.406. The van der Waals surface area contributed by atoms with Crippen LogP contribution in [0.15, 0.2) is 42.7 Å². The van der Waals surface area contributed by atoms with Crippen molar-refractivity contribution in [2.24, 2.45) is 0 Å². The van der Waals surface area contributed by atoms with E-state index >= 15 is 0 Å². The number of amides is 1. The Bertz CT molecular complexity index is 599. The van der Waals surface area contributed by atoms with Crippen LogP contribution in [0.4, 0.5) is 5.69 Å². The summed E-state index contributed by atoms with van der Waals surface area (Å²) in [7, 11) is 0. The fraction of sp³-hybridized carbons (Fsp3) is 0.200. The number of aromatic nitrogens is 1. The number of carbonyl (C=O) groups is 1. The number of hydrogen-bond donors (Lipinski definition) is 2. The van der Waals surface area contributed by atoms with E-state index in [4.69, 9.17) is 10.5 Å². The molecule has 0 aliphatic carbocycles. The lowest BCUT2D eigenvalue weighted by Gasteiger charge is -2.09. The molecule has 1 amide bonds. The van der Waals surface area contributed by atoms with Gasteiger partial charge in [-0.2, -0.15) is 0 Å². The highest BCUT2D eigenvalue weighted by Crippen LogP contribution is 2.14. The molecule has 0 bridgehead atoms. The summed E-state index contributed by atoms with van der Waals surface area (Å²) in [6.45, 7) is 2.39. The van der Waals surface area contributed by atoms with Crippen LogP contribution in [-0.4, -0.2) is 17.5 Å².